The molecule has 12 heteroatoms. The molecule has 12 nitrogen and oxygen atoms in total. The van der Waals surface area contributed by atoms with Crippen LogP contribution < -0.4 is 11.1 Å². The molecule has 0 amide bonds. The number of nitrogens with two attached hydrogens (primary N) is 1. The van der Waals surface area contributed by atoms with Crippen LogP contribution in [0, 0.1) is 0 Å². The van der Waals surface area contributed by atoms with E-state index in [0.29, 0.717) is 52.4 Å². The molecule has 2 unspecified atom stereocenters. The number of rotatable bonds is 9. The molecule has 168 valence electrons. The largest absolute Gasteiger partial charge is 0.480 e. The number of hydrogen-bond donors (Lipinski definition) is 6. The molecule has 0 bridgehead atoms. The average Bonchev–Trinajstić information content (AvgIpc) is 2.60. The number of quaternary nitrogens is 1. The molecular weight excluding hydrogens is 386 g/mol. The van der Waals surface area contributed by atoms with Gasteiger partial charge < -0.3 is 36.0 Å². The third kappa shape index (κ3) is 10.5. The number of carbonyl (C=O) groups is 3. The van der Waals surface area contributed by atoms with Gasteiger partial charge in [0.1, 0.15) is 12.6 Å². The van der Waals surface area contributed by atoms with Gasteiger partial charge in [-0.15, -0.1) is 0 Å². The van der Waals surface area contributed by atoms with E-state index in [1.807, 2.05) is 0 Å². The summed E-state index contributed by atoms with van der Waals surface area (Å²) >= 11 is 0. The molecule has 0 aromatic heterocycles. The van der Waals surface area contributed by atoms with E-state index in [9.17, 15) is 29.7 Å². The van der Waals surface area contributed by atoms with Crippen LogP contribution in [0.2, 0.25) is 0 Å². The van der Waals surface area contributed by atoms with E-state index in [2.05, 4.69) is 5.32 Å². The molecule has 1 aliphatic rings. The molecule has 1 aliphatic heterocycles. The Morgan fingerprint density at radius 3 is 2.00 bits per heavy atom. The van der Waals surface area contributed by atoms with Crippen LogP contribution >= 0.6 is 0 Å². The second-order valence-corrected chi connectivity index (χ2v) is 7.50. The Morgan fingerprint density at radius 2 is 1.48 bits per heavy atom. The van der Waals surface area contributed by atoms with Crippen LogP contribution in [0.25, 0.3) is 0 Å². The number of aliphatic hydroxyl groups excluding tert-OH is 1. The molecule has 7 N–H and O–H groups in total. The van der Waals surface area contributed by atoms with Crippen LogP contribution in [0.5, 0.6) is 0 Å². The SMILES string of the molecule is NCC(O)C[N+]1(CC(=O)O)CCNCCN(CC(=O)O)CCN(CC(=O)O)CC1. The maximum Gasteiger partial charge on any atom is 0.359 e. The van der Waals surface area contributed by atoms with Gasteiger partial charge in [-0.3, -0.25) is 19.4 Å². The van der Waals surface area contributed by atoms with Crippen molar-refractivity contribution in [3.63, 3.8) is 0 Å². The molecule has 0 aromatic rings. The first-order valence-electron chi connectivity index (χ1n) is 9.70. The Hall–Kier alpha value is -1.83. The lowest BCUT2D eigenvalue weighted by atomic mass is 10.2. The predicted octanol–water partition coefficient (Wildman–Crippen LogP) is -3.42. The molecule has 0 aromatic carbocycles. The molecular formula is C17H34N5O7+. The highest BCUT2D eigenvalue weighted by atomic mass is 16.4. The van der Waals surface area contributed by atoms with Crippen LogP contribution in [-0.2, 0) is 14.4 Å². The summed E-state index contributed by atoms with van der Waals surface area (Å²) in [4.78, 5) is 37.2. The first kappa shape index (κ1) is 25.2. The van der Waals surface area contributed by atoms with Gasteiger partial charge >= 0.3 is 17.9 Å². The fraction of sp³-hybridized carbons (Fsp3) is 0.824. The maximum atomic E-state index is 11.5. The predicted molar refractivity (Wildman–Crippen MR) is 103 cm³/mol. The topological polar surface area (TPSA) is 177 Å². The molecule has 29 heavy (non-hydrogen) atoms. The van der Waals surface area contributed by atoms with Crippen LogP contribution in [0.3, 0.4) is 0 Å². The van der Waals surface area contributed by atoms with E-state index >= 15 is 0 Å². The Labute approximate surface area is 170 Å². The van der Waals surface area contributed by atoms with Gasteiger partial charge in [-0.2, -0.15) is 0 Å². The van der Waals surface area contributed by atoms with E-state index in [1.165, 1.54) is 0 Å². The van der Waals surface area contributed by atoms with E-state index in [4.69, 9.17) is 10.8 Å². The van der Waals surface area contributed by atoms with Gasteiger partial charge in [-0.05, 0) is 0 Å². The molecule has 1 heterocycles. The van der Waals surface area contributed by atoms with Crippen molar-refractivity contribution in [3.05, 3.63) is 0 Å². The number of nitrogens with one attached hydrogen (secondary N) is 1. The number of aliphatic hydroxyl groups is 1. The van der Waals surface area contributed by atoms with Crippen LogP contribution in [0.15, 0.2) is 0 Å². The van der Waals surface area contributed by atoms with Crippen LogP contribution in [-0.4, -0.2) is 144 Å². The molecule has 0 radical (unpaired) electrons. The normalized spacial score (nSPS) is 24.2. The fourth-order valence-corrected chi connectivity index (χ4v) is 3.56. The molecule has 0 spiro atoms. The Kier molecular flexibility index (Phi) is 11.0. The van der Waals surface area contributed by atoms with Crippen molar-refractivity contribution < 1.29 is 39.3 Å². The second-order valence-electron chi connectivity index (χ2n) is 7.50. The van der Waals surface area contributed by atoms with Gasteiger partial charge in [0.25, 0.3) is 0 Å². The number of nitrogens with zero attached hydrogens (tertiary/aromatic N) is 3. The number of carboxylic acids is 3. The van der Waals surface area contributed by atoms with E-state index < -0.39 is 24.0 Å². The van der Waals surface area contributed by atoms with E-state index in [0.717, 1.165) is 0 Å². The summed E-state index contributed by atoms with van der Waals surface area (Å²) < 4.78 is 0.0790. The van der Waals surface area contributed by atoms with Gasteiger partial charge in [-0.25, -0.2) is 4.79 Å². The van der Waals surface area contributed by atoms with Crippen molar-refractivity contribution in [3.8, 4) is 0 Å². The second kappa shape index (κ2) is 12.7. The van der Waals surface area contributed by atoms with E-state index in [1.54, 1.807) is 9.80 Å². The van der Waals surface area contributed by atoms with Gasteiger partial charge in [0, 0.05) is 45.8 Å². The Morgan fingerprint density at radius 1 is 0.897 bits per heavy atom. The molecule has 0 saturated carbocycles. The summed E-state index contributed by atoms with van der Waals surface area (Å²) in [6, 6.07) is 0. The average molecular weight is 420 g/mol. The lowest BCUT2D eigenvalue weighted by Gasteiger charge is -2.40. The Bertz CT molecular complexity index is 550. The summed E-state index contributed by atoms with van der Waals surface area (Å²) in [5, 5.41) is 41.0. The van der Waals surface area contributed by atoms with Crippen molar-refractivity contribution in [2.45, 2.75) is 6.10 Å². The van der Waals surface area contributed by atoms with Crippen molar-refractivity contribution in [2.24, 2.45) is 5.73 Å². The summed E-state index contributed by atoms with van der Waals surface area (Å²) in [5.74, 6) is -2.96. The molecule has 1 saturated heterocycles. The quantitative estimate of drug-likeness (QED) is 0.205. The zero-order valence-corrected chi connectivity index (χ0v) is 16.7. The van der Waals surface area contributed by atoms with E-state index in [-0.39, 0.29) is 37.2 Å². The summed E-state index contributed by atoms with van der Waals surface area (Å²) in [6.07, 6.45) is -0.860. The molecule has 0 aliphatic carbocycles. The monoisotopic (exact) mass is 420 g/mol. The number of hydrogen-bond acceptors (Lipinski definition) is 8. The lowest BCUT2D eigenvalue weighted by molar-refractivity contribution is -0.922. The minimum absolute atomic E-state index is 0.00996. The molecule has 1 rings (SSSR count). The standard InChI is InChI=1S/C17H33N5O7/c18-9-14(23)12-22(13-17(28)29)7-2-19-1-3-20(10-15(24)25)4-5-21(6-8-22)11-16(26)27/h14,19,23H,1-13,18H2,(H2-,24,25,26,27,28,29)/p+1. The minimum atomic E-state index is -1.01. The van der Waals surface area contributed by atoms with Crippen LogP contribution in [0.4, 0.5) is 0 Å². The van der Waals surface area contributed by atoms with Gasteiger partial charge in [0.2, 0.25) is 0 Å². The smallest absolute Gasteiger partial charge is 0.359 e. The van der Waals surface area contributed by atoms with Crippen molar-refractivity contribution in [2.75, 3.05) is 85.1 Å². The zero-order valence-electron chi connectivity index (χ0n) is 16.7. The van der Waals surface area contributed by atoms with Gasteiger partial charge in [0.15, 0.2) is 6.54 Å². The fourth-order valence-electron chi connectivity index (χ4n) is 3.56. The Balaban J connectivity index is 3.00. The first-order valence-corrected chi connectivity index (χ1v) is 9.70. The van der Waals surface area contributed by atoms with Crippen molar-refractivity contribution in [1.82, 2.24) is 15.1 Å². The maximum absolute atomic E-state index is 11.5. The van der Waals surface area contributed by atoms with Gasteiger partial charge in [0.05, 0.1) is 26.2 Å². The molecule has 2 atom stereocenters. The lowest BCUT2D eigenvalue weighted by Crippen LogP contribution is -2.61. The molecule has 1 fully saturated rings. The summed E-state index contributed by atoms with van der Waals surface area (Å²) in [5.41, 5.74) is 5.53. The zero-order chi connectivity index (χ0) is 21.9. The highest BCUT2D eigenvalue weighted by Crippen LogP contribution is 2.10. The minimum Gasteiger partial charge on any atom is -0.480 e. The summed E-state index contributed by atoms with van der Waals surface area (Å²) in [6.45, 7) is 2.84. The highest BCUT2D eigenvalue weighted by Gasteiger charge is 2.33. The van der Waals surface area contributed by atoms with Crippen molar-refractivity contribution >= 4 is 17.9 Å². The first-order chi connectivity index (χ1) is 13.7. The highest BCUT2D eigenvalue weighted by molar-refractivity contribution is 5.69. The number of carboxylic acid groups (broad SMARTS) is 3. The summed E-state index contributed by atoms with van der Waals surface area (Å²) in [7, 11) is 0. The third-order valence-corrected chi connectivity index (χ3v) is 5.05. The van der Waals surface area contributed by atoms with Crippen molar-refractivity contribution in [1.29, 1.82) is 0 Å². The third-order valence-electron chi connectivity index (χ3n) is 5.05. The van der Waals surface area contributed by atoms with Gasteiger partial charge in [-0.1, -0.05) is 0 Å². The number of aliphatic carboxylic acids is 3. The van der Waals surface area contributed by atoms with Crippen LogP contribution in [0.1, 0.15) is 0 Å².